The second-order valence-corrected chi connectivity index (χ2v) is 7.83. The van der Waals surface area contributed by atoms with Crippen molar-refractivity contribution in [2.75, 3.05) is 19.6 Å². The molecule has 2 heterocycles. The van der Waals surface area contributed by atoms with Crippen LogP contribution >= 0.6 is 0 Å². The Morgan fingerprint density at radius 1 is 0.760 bits per heavy atom. The SMILES string of the molecule is O=C(C1CCCC1)N1CCC(C(=O)N2CC[C@@H]2c2ccccc2)CC1. The van der Waals surface area contributed by atoms with Crippen molar-refractivity contribution in [2.45, 2.75) is 51.0 Å². The Hall–Kier alpha value is -1.84. The normalized spacial score (nSPS) is 25.0. The van der Waals surface area contributed by atoms with E-state index in [1.54, 1.807) is 0 Å². The summed E-state index contributed by atoms with van der Waals surface area (Å²) >= 11 is 0. The highest BCUT2D eigenvalue weighted by molar-refractivity contribution is 5.82. The molecule has 1 atom stereocenters. The van der Waals surface area contributed by atoms with Crippen LogP contribution < -0.4 is 0 Å². The Labute approximate surface area is 150 Å². The number of nitrogens with zero attached hydrogens (tertiary/aromatic N) is 2. The maximum Gasteiger partial charge on any atom is 0.226 e. The van der Waals surface area contributed by atoms with Gasteiger partial charge in [-0.25, -0.2) is 0 Å². The standard InChI is InChI=1S/C21H28N2O2/c24-20(17-8-4-5-9-17)22-13-10-18(11-14-22)21(25)23-15-12-19(23)16-6-2-1-3-7-16/h1-3,6-7,17-19H,4-5,8-15H2/t19-/m1/s1. The van der Waals surface area contributed by atoms with Gasteiger partial charge in [0.1, 0.15) is 0 Å². The van der Waals surface area contributed by atoms with E-state index in [1.165, 1.54) is 18.4 Å². The summed E-state index contributed by atoms with van der Waals surface area (Å²) in [5, 5.41) is 0. The van der Waals surface area contributed by atoms with Gasteiger partial charge in [0.05, 0.1) is 6.04 Å². The highest BCUT2D eigenvalue weighted by Crippen LogP contribution is 2.36. The van der Waals surface area contributed by atoms with Crippen LogP contribution in [0, 0.1) is 11.8 Å². The molecule has 134 valence electrons. The average Bonchev–Trinajstić information content (AvgIpc) is 3.16. The van der Waals surface area contributed by atoms with Crippen LogP contribution in [0.2, 0.25) is 0 Å². The van der Waals surface area contributed by atoms with E-state index in [4.69, 9.17) is 0 Å². The molecular formula is C21H28N2O2. The first-order valence-electron chi connectivity index (χ1n) is 9.88. The average molecular weight is 340 g/mol. The minimum Gasteiger partial charge on any atom is -0.342 e. The summed E-state index contributed by atoms with van der Waals surface area (Å²) in [5.41, 5.74) is 1.25. The third-order valence-corrected chi connectivity index (χ3v) is 6.35. The van der Waals surface area contributed by atoms with E-state index in [0.717, 1.165) is 51.7 Å². The van der Waals surface area contributed by atoms with Gasteiger partial charge in [-0.3, -0.25) is 9.59 Å². The van der Waals surface area contributed by atoms with E-state index in [1.807, 2.05) is 23.1 Å². The maximum absolute atomic E-state index is 12.9. The highest BCUT2D eigenvalue weighted by atomic mass is 16.2. The van der Waals surface area contributed by atoms with E-state index in [-0.39, 0.29) is 17.9 Å². The zero-order chi connectivity index (χ0) is 17.2. The minimum atomic E-state index is 0.0964. The summed E-state index contributed by atoms with van der Waals surface area (Å²) in [7, 11) is 0. The van der Waals surface area contributed by atoms with Crippen molar-refractivity contribution in [1.29, 1.82) is 0 Å². The van der Waals surface area contributed by atoms with E-state index in [0.29, 0.717) is 11.8 Å². The molecule has 1 saturated carbocycles. The molecule has 4 nitrogen and oxygen atoms in total. The number of carbonyl (C=O) groups excluding carboxylic acids is 2. The Bertz CT molecular complexity index is 616. The molecule has 2 amide bonds. The first-order valence-corrected chi connectivity index (χ1v) is 9.88. The van der Waals surface area contributed by atoms with Gasteiger partial charge in [0.25, 0.3) is 0 Å². The van der Waals surface area contributed by atoms with Crippen LogP contribution in [0.25, 0.3) is 0 Å². The van der Waals surface area contributed by atoms with Crippen LogP contribution in [0.5, 0.6) is 0 Å². The van der Waals surface area contributed by atoms with Gasteiger partial charge in [0.15, 0.2) is 0 Å². The van der Waals surface area contributed by atoms with Gasteiger partial charge in [0, 0.05) is 31.5 Å². The molecule has 3 fully saturated rings. The first-order chi connectivity index (χ1) is 12.2. The summed E-state index contributed by atoms with van der Waals surface area (Å²) in [5.74, 6) is 0.992. The molecule has 3 aliphatic rings. The number of piperidine rings is 1. The number of carbonyl (C=O) groups is 2. The van der Waals surface area contributed by atoms with E-state index < -0.39 is 0 Å². The smallest absolute Gasteiger partial charge is 0.226 e. The number of rotatable bonds is 3. The molecule has 0 aromatic heterocycles. The van der Waals surface area contributed by atoms with Gasteiger partial charge in [-0.15, -0.1) is 0 Å². The van der Waals surface area contributed by atoms with Crippen LogP contribution in [-0.4, -0.2) is 41.2 Å². The van der Waals surface area contributed by atoms with Gasteiger partial charge in [0.2, 0.25) is 11.8 Å². The van der Waals surface area contributed by atoms with Gasteiger partial charge < -0.3 is 9.80 Å². The molecule has 4 heteroatoms. The molecular weight excluding hydrogens is 312 g/mol. The summed E-state index contributed by atoms with van der Waals surface area (Å²) in [4.78, 5) is 29.5. The van der Waals surface area contributed by atoms with Gasteiger partial charge >= 0.3 is 0 Å². The fourth-order valence-corrected chi connectivity index (χ4v) is 4.69. The molecule has 2 aliphatic heterocycles. The molecule has 1 aromatic rings. The van der Waals surface area contributed by atoms with E-state index in [2.05, 4.69) is 17.0 Å². The molecule has 0 spiro atoms. The fourth-order valence-electron chi connectivity index (χ4n) is 4.69. The molecule has 1 aromatic carbocycles. The van der Waals surface area contributed by atoms with Gasteiger partial charge in [-0.2, -0.15) is 0 Å². The van der Waals surface area contributed by atoms with E-state index in [9.17, 15) is 9.59 Å². The molecule has 0 N–H and O–H groups in total. The molecule has 4 rings (SSSR count). The molecule has 25 heavy (non-hydrogen) atoms. The number of likely N-dealkylation sites (tertiary alicyclic amines) is 2. The number of benzene rings is 1. The predicted octanol–water partition coefficient (Wildman–Crippen LogP) is 3.39. The van der Waals surface area contributed by atoms with Crippen molar-refractivity contribution in [3.8, 4) is 0 Å². The monoisotopic (exact) mass is 340 g/mol. The first kappa shape index (κ1) is 16.6. The predicted molar refractivity (Wildman–Crippen MR) is 96.8 cm³/mol. The summed E-state index contributed by atoms with van der Waals surface area (Å²) < 4.78 is 0. The van der Waals surface area contributed by atoms with Crippen molar-refractivity contribution in [1.82, 2.24) is 9.80 Å². The summed E-state index contributed by atoms with van der Waals surface area (Å²) in [6.07, 6.45) is 7.23. The lowest BCUT2D eigenvalue weighted by molar-refractivity contribution is -0.148. The quantitative estimate of drug-likeness (QED) is 0.846. The number of hydrogen-bond donors (Lipinski definition) is 0. The summed E-state index contributed by atoms with van der Waals surface area (Å²) in [6, 6.07) is 10.6. The molecule has 2 saturated heterocycles. The molecule has 0 unspecified atom stereocenters. The molecule has 1 aliphatic carbocycles. The third-order valence-electron chi connectivity index (χ3n) is 6.35. The lowest BCUT2D eigenvalue weighted by Crippen LogP contribution is -2.50. The second kappa shape index (κ2) is 7.19. The Balaban J connectivity index is 1.31. The zero-order valence-electron chi connectivity index (χ0n) is 14.9. The Morgan fingerprint density at radius 2 is 1.40 bits per heavy atom. The van der Waals surface area contributed by atoms with Crippen molar-refractivity contribution < 1.29 is 9.59 Å². The van der Waals surface area contributed by atoms with Crippen LogP contribution in [0.1, 0.15) is 56.6 Å². The highest BCUT2D eigenvalue weighted by Gasteiger charge is 2.38. The largest absolute Gasteiger partial charge is 0.342 e. The van der Waals surface area contributed by atoms with Gasteiger partial charge in [-0.1, -0.05) is 43.2 Å². The number of amides is 2. The third kappa shape index (κ3) is 3.31. The fraction of sp³-hybridized carbons (Fsp3) is 0.619. The maximum atomic E-state index is 12.9. The second-order valence-electron chi connectivity index (χ2n) is 7.83. The van der Waals surface area contributed by atoms with Crippen molar-refractivity contribution in [3.05, 3.63) is 35.9 Å². The molecule has 0 bridgehead atoms. The summed E-state index contributed by atoms with van der Waals surface area (Å²) in [6.45, 7) is 2.39. The lowest BCUT2D eigenvalue weighted by atomic mass is 9.89. The van der Waals surface area contributed by atoms with Crippen molar-refractivity contribution in [3.63, 3.8) is 0 Å². The molecule has 0 radical (unpaired) electrons. The number of hydrogen-bond acceptors (Lipinski definition) is 2. The van der Waals surface area contributed by atoms with E-state index >= 15 is 0 Å². The van der Waals surface area contributed by atoms with Crippen LogP contribution in [-0.2, 0) is 9.59 Å². The van der Waals surface area contributed by atoms with Crippen LogP contribution in [0.3, 0.4) is 0 Å². The lowest BCUT2D eigenvalue weighted by Gasteiger charge is -2.44. The van der Waals surface area contributed by atoms with Crippen molar-refractivity contribution in [2.24, 2.45) is 11.8 Å². The topological polar surface area (TPSA) is 40.6 Å². The van der Waals surface area contributed by atoms with Crippen LogP contribution in [0.4, 0.5) is 0 Å². The van der Waals surface area contributed by atoms with Gasteiger partial charge in [-0.05, 0) is 37.7 Å². The minimum absolute atomic E-state index is 0.0964. The van der Waals surface area contributed by atoms with Crippen LogP contribution in [0.15, 0.2) is 30.3 Å². The Kier molecular flexibility index (Phi) is 4.78. The zero-order valence-corrected chi connectivity index (χ0v) is 14.9. The Morgan fingerprint density at radius 3 is 2.00 bits per heavy atom. The van der Waals surface area contributed by atoms with Crippen molar-refractivity contribution >= 4 is 11.8 Å².